The van der Waals surface area contributed by atoms with Crippen molar-refractivity contribution in [1.82, 2.24) is 4.90 Å². The van der Waals surface area contributed by atoms with Gasteiger partial charge in [0.15, 0.2) is 5.60 Å². The lowest BCUT2D eigenvalue weighted by molar-refractivity contribution is -0.626. The summed E-state index contributed by atoms with van der Waals surface area (Å²) in [7, 11) is 0. The molecule has 0 radical (unpaired) electrons. The Bertz CT molecular complexity index is 1140. The van der Waals surface area contributed by atoms with E-state index in [0.29, 0.717) is 6.61 Å². The van der Waals surface area contributed by atoms with Crippen molar-refractivity contribution < 1.29 is 19.3 Å². The van der Waals surface area contributed by atoms with Gasteiger partial charge in [0.05, 0.1) is 12.5 Å². The fourth-order valence-corrected chi connectivity index (χ4v) is 7.04. The van der Waals surface area contributed by atoms with E-state index in [0.717, 1.165) is 53.7 Å². The number of hydrogen-bond acceptors (Lipinski definition) is 4. The molecule has 0 spiro atoms. The first kappa shape index (κ1) is 21.3. The third kappa shape index (κ3) is 2.51. The highest BCUT2D eigenvalue weighted by molar-refractivity contribution is 5.96. The molecule has 3 aliphatic heterocycles. The fraction of sp³-hybridized carbons (Fsp3) is 0.536. The highest BCUT2D eigenvalue weighted by Gasteiger charge is 2.81. The quantitative estimate of drug-likeness (QED) is 0.580. The normalized spacial score (nSPS) is 31.7. The van der Waals surface area contributed by atoms with Crippen LogP contribution in [-0.4, -0.2) is 36.1 Å². The summed E-state index contributed by atoms with van der Waals surface area (Å²) >= 11 is 0. The number of likely N-dealkylation sites (tertiary alicyclic amines) is 1. The number of amides is 1. The number of hydrogen-bond donors (Lipinski definition) is 0. The average molecular weight is 448 g/mol. The lowest BCUT2D eigenvalue weighted by atomic mass is 9.57. The van der Waals surface area contributed by atoms with Crippen LogP contribution in [0.1, 0.15) is 70.1 Å². The third-order valence-electron chi connectivity index (χ3n) is 8.36. The zero-order chi connectivity index (χ0) is 23.2. The Balaban J connectivity index is 1.50. The minimum Gasteiger partial charge on any atom is -0.342 e. The highest BCUT2D eigenvalue weighted by Crippen LogP contribution is 2.69. The molecule has 3 atom stereocenters. The van der Waals surface area contributed by atoms with Crippen molar-refractivity contribution in [3.05, 3.63) is 59.2 Å². The van der Waals surface area contributed by atoms with Gasteiger partial charge in [0.2, 0.25) is 5.91 Å². The summed E-state index contributed by atoms with van der Waals surface area (Å²) in [6, 6.07) is 14.7. The second-order valence-corrected chi connectivity index (χ2v) is 11.7. The van der Waals surface area contributed by atoms with Crippen LogP contribution in [0.5, 0.6) is 0 Å². The average Bonchev–Trinajstić information content (AvgIpc) is 3.41. The summed E-state index contributed by atoms with van der Waals surface area (Å²) in [5.74, 6) is -1.07. The minimum absolute atomic E-state index is 0.203. The Morgan fingerprint density at radius 1 is 0.970 bits per heavy atom. The van der Waals surface area contributed by atoms with E-state index in [4.69, 9.17) is 14.5 Å². The van der Waals surface area contributed by atoms with Crippen molar-refractivity contribution >= 4 is 5.91 Å². The van der Waals surface area contributed by atoms with Crippen molar-refractivity contribution in [3.63, 3.8) is 0 Å². The van der Waals surface area contributed by atoms with Gasteiger partial charge < -0.3 is 9.64 Å². The van der Waals surface area contributed by atoms with Crippen LogP contribution in [0.2, 0.25) is 0 Å². The smallest absolute Gasteiger partial charge is 0.261 e. The molecule has 4 aliphatic rings. The lowest BCUT2D eigenvalue weighted by Crippen LogP contribution is -2.73. The maximum atomic E-state index is 13.7. The largest absolute Gasteiger partial charge is 0.342 e. The second-order valence-electron chi connectivity index (χ2n) is 11.7. The molecule has 5 nitrogen and oxygen atoms in total. The van der Waals surface area contributed by atoms with Crippen LogP contribution in [0.15, 0.2) is 42.5 Å². The molecule has 174 valence electrons. The SMILES string of the molecule is CC(C)(C)C12OOC1(c1ccc3c(c1)C(C(=O)N1CCCC1)c1ccccc1-3)OCC2(C)C. The molecule has 0 bridgehead atoms. The van der Waals surface area contributed by atoms with Gasteiger partial charge in [-0.15, -0.1) is 0 Å². The van der Waals surface area contributed by atoms with Crippen LogP contribution < -0.4 is 0 Å². The maximum Gasteiger partial charge on any atom is 0.261 e. The first-order valence-corrected chi connectivity index (χ1v) is 12.2. The van der Waals surface area contributed by atoms with Crippen LogP contribution in [0.4, 0.5) is 0 Å². The van der Waals surface area contributed by atoms with E-state index in [1.807, 2.05) is 17.0 Å². The van der Waals surface area contributed by atoms with Crippen LogP contribution >= 0.6 is 0 Å². The van der Waals surface area contributed by atoms with Gasteiger partial charge in [-0.05, 0) is 41.2 Å². The zero-order valence-corrected chi connectivity index (χ0v) is 20.2. The van der Waals surface area contributed by atoms with Crippen LogP contribution in [0.3, 0.4) is 0 Å². The Morgan fingerprint density at radius 3 is 2.33 bits per heavy atom. The van der Waals surface area contributed by atoms with E-state index in [2.05, 4.69) is 65.0 Å². The summed E-state index contributed by atoms with van der Waals surface area (Å²) in [5.41, 5.74) is 4.25. The van der Waals surface area contributed by atoms with Crippen LogP contribution in [0, 0.1) is 10.8 Å². The number of nitrogens with zero attached hydrogens (tertiary/aromatic N) is 1. The molecule has 33 heavy (non-hydrogen) atoms. The monoisotopic (exact) mass is 447 g/mol. The molecule has 0 aromatic heterocycles. The molecule has 0 saturated carbocycles. The molecule has 2 aromatic rings. The predicted molar refractivity (Wildman–Crippen MR) is 125 cm³/mol. The number of ether oxygens (including phenoxy) is 1. The number of carbonyl (C=O) groups is 1. The summed E-state index contributed by atoms with van der Waals surface area (Å²) < 4.78 is 6.46. The Kier molecular flexibility index (Phi) is 4.32. The van der Waals surface area contributed by atoms with Gasteiger partial charge >= 0.3 is 0 Å². The van der Waals surface area contributed by atoms with E-state index < -0.39 is 11.4 Å². The Labute approximate surface area is 195 Å². The van der Waals surface area contributed by atoms with Gasteiger partial charge in [-0.1, -0.05) is 71.0 Å². The molecule has 3 heterocycles. The van der Waals surface area contributed by atoms with Crippen molar-refractivity contribution in [2.75, 3.05) is 19.7 Å². The van der Waals surface area contributed by atoms with Crippen molar-refractivity contribution in [3.8, 4) is 11.1 Å². The van der Waals surface area contributed by atoms with Gasteiger partial charge in [-0.25, -0.2) is 4.89 Å². The number of rotatable bonds is 2. The zero-order valence-electron chi connectivity index (χ0n) is 20.2. The maximum absolute atomic E-state index is 13.7. The van der Waals surface area contributed by atoms with Crippen molar-refractivity contribution in [1.29, 1.82) is 0 Å². The number of carbonyl (C=O) groups excluding carboxylic acids is 1. The number of benzene rings is 2. The Hall–Kier alpha value is -2.21. The molecule has 0 N–H and O–H groups in total. The van der Waals surface area contributed by atoms with E-state index in [1.54, 1.807) is 0 Å². The van der Waals surface area contributed by atoms with E-state index in [1.165, 1.54) is 0 Å². The van der Waals surface area contributed by atoms with Gasteiger partial charge in [0.25, 0.3) is 5.79 Å². The third-order valence-corrected chi connectivity index (χ3v) is 8.36. The standard InChI is InChI=1S/C28H33NO4/c1-25(2,3)28-26(4,5)17-31-27(28,32-33-28)18-12-13-20-19-10-6-7-11-21(19)23(22(20)16-18)24(30)29-14-8-9-15-29/h6-7,10-13,16,23H,8-9,14-15,17H2,1-5H3. The molecule has 2 aromatic carbocycles. The molecular weight excluding hydrogens is 414 g/mol. The van der Waals surface area contributed by atoms with Gasteiger partial charge in [-0.2, -0.15) is 4.89 Å². The predicted octanol–water partition coefficient (Wildman–Crippen LogP) is 5.38. The molecule has 3 fully saturated rings. The minimum atomic E-state index is -0.986. The van der Waals surface area contributed by atoms with Gasteiger partial charge in [-0.3, -0.25) is 4.79 Å². The van der Waals surface area contributed by atoms with Gasteiger partial charge in [0, 0.05) is 29.5 Å². The molecule has 6 rings (SSSR count). The second kappa shape index (κ2) is 6.68. The first-order chi connectivity index (χ1) is 15.6. The summed E-state index contributed by atoms with van der Waals surface area (Å²) in [5, 5.41) is 0. The fourth-order valence-electron chi connectivity index (χ4n) is 7.04. The molecular formula is C28H33NO4. The molecule has 1 aliphatic carbocycles. The first-order valence-electron chi connectivity index (χ1n) is 12.2. The molecule has 3 unspecified atom stereocenters. The van der Waals surface area contributed by atoms with E-state index >= 15 is 0 Å². The summed E-state index contributed by atoms with van der Waals surface area (Å²) in [6.45, 7) is 13.2. The van der Waals surface area contributed by atoms with Crippen LogP contribution in [0.25, 0.3) is 11.1 Å². The molecule has 1 amide bonds. The molecule has 5 heteroatoms. The molecule has 3 saturated heterocycles. The Morgan fingerprint density at radius 2 is 1.67 bits per heavy atom. The van der Waals surface area contributed by atoms with E-state index in [-0.39, 0.29) is 22.7 Å². The summed E-state index contributed by atoms with van der Waals surface area (Å²) in [4.78, 5) is 27.7. The lowest BCUT2D eigenvalue weighted by Gasteiger charge is -2.61. The van der Waals surface area contributed by atoms with Crippen LogP contribution in [-0.2, 0) is 25.1 Å². The topological polar surface area (TPSA) is 48.0 Å². The van der Waals surface area contributed by atoms with Gasteiger partial charge in [0.1, 0.15) is 0 Å². The highest BCUT2D eigenvalue weighted by atomic mass is 17.3. The van der Waals surface area contributed by atoms with Crippen molar-refractivity contribution in [2.24, 2.45) is 10.8 Å². The number of fused-ring (bicyclic) bond motifs is 4. The van der Waals surface area contributed by atoms with E-state index in [9.17, 15) is 4.79 Å². The van der Waals surface area contributed by atoms with Crippen molar-refractivity contribution in [2.45, 2.75) is 64.8 Å². The summed E-state index contributed by atoms with van der Waals surface area (Å²) in [6.07, 6.45) is 2.16.